The van der Waals surface area contributed by atoms with Crippen molar-refractivity contribution in [2.24, 2.45) is 0 Å². The van der Waals surface area contributed by atoms with E-state index in [9.17, 15) is 9.90 Å². The van der Waals surface area contributed by atoms with Crippen LogP contribution >= 0.6 is 11.6 Å². The Morgan fingerprint density at radius 1 is 1.04 bits per heavy atom. The van der Waals surface area contributed by atoms with Crippen molar-refractivity contribution in [3.63, 3.8) is 0 Å². The molecule has 5 heteroatoms. The zero-order valence-electron chi connectivity index (χ0n) is 13.3. The van der Waals surface area contributed by atoms with Crippen LogP contribution in [0.5, 0.6) is 0 Å². The first-order chi connectivity index (χ1) is 11.5. The number of β-amino-alcohol motifs (C(OH)–C–C–N with tert-alkyl or cyclic N) is 1. The van der Waals surface area contributed by atoms with Gasteiger partial charge in [0.15, 0.2) is 0 Å². The standard InChI is InChI=1S/C19H19ClN2O2/c20-16-3-1-14(2-4-16)18(7-8-18)17(23)22-12-9-19(24,13-22)15-5-10-21-11-6-15/h1-6,10-11,24H,7-9,12-13H2. The molecule has 2 fully saturated rings. The third kappa shape index (κ3) is 2.50. The molecule has 0 bridgehead atoms. The van der Waals surface area contributed by atoms with Gasteiger partial charge in [0.2, 0.25) is 5.91 Å². The van der Waals surface area contributed by atoms with Crippen molar-refractivity contribution in [3.8, 4) is 0 Å². The number of aromatic nitrogens is 1. The van der Waals surface area contributed by atoms with Crippen LogP contribution in [0.1, 0.15) is 30.4 Å². The van der Waals surface area contributed by atoms with E-state index in [4.69, 9.17) is 11.6 Å². The molecule has 24 heavy (non-hydrogen) atoms. The number of rotatable bonds is 3. The van der Waals surface area contributed by atoms with E-state index < -0.39 is 11.0 Å². The summed E-state index contributed by atoms with van der Waals surface area (Å²) in [5.74, 6) is 0.120. The van der Waals surface area contributed by atoms with Gasteiger partial charge < -0.3 is 10.0 Å². The van der Waals surface area contributed by atoms with Gasteiger partial charge in [-0.1, -0.05) is 23.7 Å². The van der Waals surface area contributed by atoms with Crippen molar-refractivity contribution in [1.29, 1.82) is 0 Å². The van der Waals surface area contributed by atoms with E-state index in [1.54, 1.807) is 12.4 Å². The van der Waals surface area contributed by atoms with Crippen LogP contribution in [-0.4, -0.2) is 34.0 Å². The molecule has 1 aromatic heterocycles. The maximum absolute atomic E-state index is 13.1. The van der Waals surface area contributed by atoms with Crippen LogP contribution in [0.15, 0.2) is 48.8 Å². The fourth-order valence-electron chi connectivity index (χ4n) is 3.69. The maximum Gasteiger partial charge on any atom is 0.233 e. The van der Waals surface area contributed by atoms with Gasteiger partial charge in [-0.2, -0.15) is 0 Å². The lowest BCUT2D eigenvalue weighted by atomic mass is 9.93. The first-order valence-corrected chi connectivity index (χ1v) is 8.60. The molecule has 1 aliphatic carbocycles. The summed E-state index contributed by atoms with van der Waals surface area (Å²) in [6, 6.07) is 11.2. The highest BCUT2D eigenvalue weighted by Crippen LogP contribution is 2.50. The minimum Gasteiger partial charge on any atom is -0.383 e. The summed E-state index contributed by atoms with van der Waals surface area (Å²) in [5, 5.41) is 11.6. The fourth-order valence-corrected chi connectivity index (χ4v) is 3.81. The monoisotopic (exact) mass is 342 g/mol. The Labute approximate surface area is 146 Å². The van der Waals surface area contributed by atoms with E-state index in [-0.39, 0.29) is 5.91 Å². The molecule has 124 valence electrons. The average molecular weight is 343 g/mol. The average Bonchev–Trinajstić information content (AvgIpc) is 3.32. The summed E-state index contributed by atoms with van der Waals surface area (Å²) in [7, 11) is 0. The summed E-state index contributed by atoms with van der Waals surface area (Å²) in [6.45, 7) is 0.915. The molecule has 2 aliphatic rings. The van der Waals surface area contributed by atoms with E-state index in [1.807, 2.05) is 41.3 Å². The third-order valence-corrected chi connectivity index (χ3v) is 5.56. The Hall–Kier alpha value is -1.91. The molecule has 1 saturated carbocycles. The highest BCUT2D eigenvalue weighted by atomic mass is 35.5. The van der Waals surface area contributed by atoms with Gasteiger partial charge in [-0.3, -0.25) is 9.78 Å². The van der Waals surface area contributed by atoms with Crippen molar-refractivity contribution in [2.75, 3.05) is 13.1 Å². The second-order valence-electron chi connectivity index (χ2n) is 6.83. The van der Waals surface area contributed by atoms with Crippen LogP contribution in [0.25, 0.3) is 0 Å². The zero-order chi connectivity index (χ0) is 16.8. The molecule has 0 spiro atoms. The Morgan fingerprint density at radius 3 is 2.33 bits per heavy atom. The molecular weight excluding hydrogens is 324 g/mol. The summed E-state index contributed by atoms with van der Waals surface area (Å²) in [6.07, 6.45) is 5.62. The molecule has 4 rings (SSSR count). The number of amides is 1. The van der Waals surface area contributed by atoms with Crippen molar-refractivity contribution in [2.45, 2.75) is 30.3 Å². The van der Waals surface area contributed by atoms with Crippen molar-refractivity contribution >= 4 is 17.5 Å². The first-order valence-electron chi connectivity index (χ1n) is 8.22. The maximum atomic E-state index is 13.1. The smallest absolute Gasteiger partial charge is 0.233 e. The number of pyridine rings is 1. The molecule has 1 saturated heterocycles. The van der Waals surface area contributed by atoms with Crippen molar-refractivity contribution in [1.82, 2.24) is 9.88 Å². The second kappa shape index (κ2) is 5.57. The van der Waals surface area contributed by atoms with E-state index in [1.165, 1.54) is 0 Å². The highest BCUT2D eigenvalue weighted by Gasteiger charge is 2.55. The van der Waals surface area contributed by atoms with Gasteiger partial charge in [-0.05, 0) is 54.7 Å². The number of carbonyl (C=O) groups is 1. The van der Waals surface area contributed by atoms with Crippen LogP contribution in [0.3, 0.4) is 0 Å². The van der Waals surface area contributed by atoms with Gasteiger partial charge in [-0.25, -0.2) is 0 Å². The second-order valence-corrected chi connectivity index (χ2v) is 7.27. The van der Waals surface area contributed by atoms with Gasteiger partial charge >= 0.3 is 0 Å². The third-order valence-electron chi connectivity index (χ3n) is 5.31. The molecule has 1 unspecified atom stereocenters. The van der Waals surface area contributed by atoms with Crippen molar-refractivity contribution in [3.05, 3.63) is 64.9 Å². The predicted molar refractivity (Wildman–Crippen MR) is 91.7 cm³/mol. The molecule has 1 N–H and O–H groups in total. The quantitative estimate of drug-likeness (QED) is 0.933. The number of benzene rings is 1. The van der Waals surface area contributed by atoms with Gasteiger partial charge in [0, 0.05) is 24.0 Å². The number of likely N-dealkylation sites (tertiary alicyclic amines) is 1. The number of nitrogens with zero attached hydrogens (tertiary/aromatic N) is 2. The molecular formula is C19H19ClN2O2. The topological polar surface area (TPSA) is 53.4 Å². The van der Waals surface area contributed by atoms with Gasteiger partial charge in [0.05, 0.1) is 12.0 Å². The molecule has 1 aliphatic heterocycles. The van der Waals surface area contributed by atoms with Crippen LogP contribution in [-0.2, 0) is 15.8 Å². The van der Waals surface area contributed by atoms with Gasteiger partial charge in [0.25, 0.3) is 0 Å². The minimum atomic E-state index is -0.978. The minimum absolute atomic E-state index is 0.120. The summed E-state index contributed by atoms with van der Waals surface area (Å²) < 4.78 is 0. The van der Waals surface area contributed by atoms with Crippen LogP contribution in [0, 0.1) is 0 Å². The van der Waals surface area contributed by atoms with E-state index >= 15 is 0 Å². The molecule has 1 aromatic carbocycles. The molecule has 2 aromatic rings. The van der Waals surface area contributed by atoms with Crippen LogP contribution in [0.2, 0.25) is 5.02 Å². The summed E-state index contributed by atoms with van der Waals surface area (Å²) in [4.78, 5) is 18.9. The predicted octanol–water partition coefficient (Wildman–Crippen LogP) is 2.89. The highest BCUT2D eigenvalue weighted by molar-refractivity contribution is 6.30. The first kappa shape index (κ1) is 15.6. The number of hydrogen-bond donors (Lipinski definition) is 1. The molecule has 0 radical (unpaired) electrons. The van der Waals surface area contributed by atoms with E-state index in [0.717, 1.165) is 24.0 Å². The summed E-state index contributed by atoms with van der Waals surface area (Å²) >= 11 is 5.96. The molecule has 1 amide bonds. The van der Waals surface area contributed by atoms with Crippen molar-refractivity contribution < 1.29 is 9.90 Å². The van der Waals surface area contributed by atoms with Crippen LogP contribution in [0.4, 0.5) is 0 Å². The van der Waals surface area contributed by atoms with Gasteiger partial charge in [0.1, 0.15) is 5.60 Å². The van der Waals surface area contributed by atoms with E-state index in [0.29, 0.717) is 24.5 Å². The lowest BCUT2D eigenvalue weighted by Crippen LogP contribution is -2.40. The largest absolute Gasteiger partial charge is 0.383 e. The Morgan fingerprint density at radius 2 is 1.71 bits per heavy atom. The number of aliphatic hydroxyl groups is 1. The lowest BCUT2D eigenvalue weighted by Gasteiger charge is -2.26. The summed E-state index contributed by atoms with van der Waals surface area (Å²) in [5.41, 5.74) is 0.448. The molecule has 2 heterocycles. The Balaban J connectivity index is 1.55. The number of carbonyl (C=O) groups excluding carboxylic acids is 1. The van der Waals surface area contributed by atoms with Gasteiger partial charge in [-0.15, -0.1) is 0 Å². The normalized spacial score (nSPS) is 24.8. The Bertz CT molecular complexity index is 759. The lowest BCUT2D eigenvalue weighted by molar-refractivity contribution is -0.134. The fraction of sp³-hybridized carbons (Fsp3) is 0.368. The van der Waals surface area contributed by atoms with Crippen LogP contribution < -0.4 is 0 Å². The number of halogens is 1. The molecule has 1 atom stereocenters. The molecule has 4 nitrogen and oxygen atoms in total. The Kier molecular flexibility index (Phi) is 3.62. The SMILES string of the molecule is O=C(N1CCC(O)(c2ccncc2)C1)C1(c2ccc(Cl)cc2)CC1. The number of hydrogen-bond acceptors (Lipinski definition) is 3. The van der Waals surface area contributed by atoms with E-state index in [2.05, 4.69) is 4.98 Å². The zero-order valence-corrected chi connectivity index (χ0v) is 14.0.